The quantitative estimate of drug-likeness (QED) is 0.394. The Bertz CT molecular complexity index is 1680. The van der Waals surface area contributed by atoms with Crippen molar-refractivity contribution in [3.8, 4) is 17.2 Å². The zero-order valence-electron chi connectivity index (χ0n) is 20.2. The number of fused-ring (bicyclic) bond motifs is 6. The molecular weight excluding hydrogens is 478 g/mol. The van der Waals surface area contributed by atoms with E-state index in [9.17, 15) is 19.6 Å². The maximum absolute atomic E-state index is 13.7. The van der Waals surface area contributed by atoms with Gasteiger partial charge in [0.15, 0.2) is 0 Å². The highest BCUT2D eigenvalue weighted by Crippen LogP contribution is 2.44. The van der Waals surface area contributed by atoms with Gasteiger partial charge in [0.2, 0.25) is 0 Å². The Kier molecular flexibility index (Phi) is 4.82. The number of hydrogen-bond acceptors (Lipinski definition) is 5. The zero-order valence-corrected chi connectivity index (χ0v) is 20.2. The molecular formula is C30H21N5O3. The molecule has 3 aliphatic rings. The predicted octanol–water partition coefficient (Wildman–Crippen LogP) is 4.21. The van der Waals surface area contributed by atoms with Crippen LogP contribution in [0, 0.1) is 11.3 Å². The highest BCUT2D eigenvalue weighted by atomic mass is 16.2. The molecule has 184 valence electrons. The summed E-state index contributed by atoms with van der Waals surface area (Å²) in [7, 11) is 0. The minimum Gasteiger partial charge on any atom is -0.331 e. The minimum atomic E-state index is -0.733. The van der Waals surface area contributed by atoms with E-state index in [1.165, 1.54) is 11.1 Å². The summed E-state index contributed by atoms with van der Waals surface area (Å²) in [5.41, 5.74) is 3.24. The second-order valence-electron chi connectivity index (χ2n) is 9.82. The molecule has 0 radical (unpaired) electrons. The topological polar surface area (TPSA) is 97.6 Å². The van der Waals surface area contributed by atoms with Gasteiger partial charge in [-0.05, 0) is 29.7 Å². The summed E-state index contributed by atoms with van der Waals surface area (Å²) in [5.74, 6) is -0.503. The summed E-state index contributed by atoms with van der Waals surface area (Å²) in [5, 5.41) is 10.6. The molecule has 1 aromatic heterocycles. The minimum absolute atomic E-state index is 0.138. The van der Waals surface area contributed by atoms with Gasteiger partial charge in [-0.2, -0.15) is 5.26 Å². The number of benzene rings is 3. The number of imide groups is 1. The Morgan fingerprint density at radius 2 is 1.58 bits per heavy atom. The standard InChI is InChI=1S/C30H21N5O3/c31-15-24-22-8-4-5-9-23(22)26(16-32-24)35-29(37)27-25-14-21(34(27)30(35)38)17-33(25)28(36)20-12-10-19(11-13-20)18-6-2-1-3-7-18/h1-13,16,21,25,27H,14,17H2/t21-,25?,27-/m1/s1. The molecule has 3 aliphatic heterocycles. The maximum Gasteiger partial charge on any atom is 0.332 e. The maximum atomic E-state index is 13.7. The largest absolute Gasteiger partial charge is 0.332 e. The third kappa shape index (κ3) is 3.08. The molecule has 3 atom stereocenters. The van der Waals surface area contributed by atoms with Gasteiger partial charge in [-0.25, -0.2) is 14.7 Å². The Morgan fingerprint density at radius 1 is 0.895 bits per heavy atom. The summed E-state index contributed by atoms with van der Waals surface area (Å²) in [6.07, 6.45) is 1.99. The molecule has 0 N–H and O–H groups in total. The van der Waals surface area contributed by atoms with E-state index < -0.39 is 12.1 Å². The smallest absolute Gasteiger partial charge is 0.331 e. The molecule has 38 heavy (non-hydrogen) atoms. The number of anilines is 1. The Labute approximate surface area is 218 Å². The van der Waals surface area contributed by atoms with Crippen molar-refractivity contribution in [2.45, 2.75) is 24.5 Å². The number of rotatable bonds is 3. The fourth-order valence-electron chi connectivity index (χ4n) is 6.16. The number of piperazine rings is 1. The van der Waals surface area contributed by atoms with E-state index in [0.717, 1.165) is 11.1 Å². The molecule has 3 saturated heterocycles. The molecule has 0 spiro atoms. The summed E-state index contributed by atoms with van der Waals surface area (Å²) in [6, 6.07) is 24.9. The molecule has 0 aliphatic carbocycles. The van der Waals surface area contributed by atoms with Crippen molar-refractivity contribution >= 4 is 34.3 Å². The van der Waals surface area contributed by atoms with Crippen LogP contribution in [-0.4, -0.2) is 57.3 Å². The van der Waals surface area contributed by atoms with Gasteiger partial charge in [0, 0.05) is 22.9 Å². The molecule has 4 amide bonds. The van der Waals surface area contributed by atoms with Crippen LogP contribution in [0.1, 0.15) is 22.5 Å². The first-order valence-corrected chi connectivity index (χ1v) is 12.5. The number of amides is 4. The number of aromatic nitrogens is 1. The van der Waals surface area contributed by atoms with Crippen LogP contribution in [0.2, 0.25) is 0 Å². The van der Waals surface area contributed by atoms with Crippen LogP contribution in [0.3, 0.4) is 0 Å². The first kappa shape index (κ1) is 22.2. The summed E-state index contributed by atoms with van der Waals surface area (Å²) < 4.78 is 0. The van der Waals surface area contributed by atoms with Gasteiger partial charge in [-0.15, -0.1) is 0 Å². The first-order valence-electron chi connectivity index (χ1n) is 12.5. The van der Waals surface area contributed by atoms with Crippen LogP contribution in [0.15, 0.2) is 85.1 Å². The highest BCUT2D eigenvalue weighted by Gasteiger charge is 2.63. The van der Waals surface area contributed by atoms with Gasteiger partial charge in [0.1, 0.15) is 17.8 Å². The van der Waals surface area contributed by atoms with Crippen LogP contribution in [0.25, 0.3) is 21.9 Å². The lowest BCUT2D eigenvalue weighted by Gasteiger charge is -2.35. The number of nitriles is 1. The van der Waals surface area contributed by atoms with Gasteiger partial charge in [-0.3, -0.25) is 9.59 Å². The molecule has 7 rings (SSSR count). The van der Waals surface area contributed by atoms with Crippen molar-refractivity contribution in [2.75, 3.05) is 11.4 Å². The van der Waals surface area contributed by atoms with Gasteiger partial charge < -0.3 is 9.80 Å². The zero-order chi connectivity index (χ0) is 26.0. The number of carbonyl (C=O) groups excluding carboxylic acids is 3. The molecule has 8 heteroatoms. The predicted molar refractivity (Wildman–Crippen MR) is 140 cm³/mol. The average molecular weight is 500 g/mol. The number of likely N-dealkylation sites (tertiary alicyclic amines) is 1. The van der Waals surface area contributed by atoms with Crippen LogP contribution < -0.4 is 4.90 Å². The van der Waals surface area contributed by atoms with E-state index in [2.05, 4.69) is 11.1 Å². The summed E-state index contributed by atoms with van der Waals surface area (Å²) in [6.45, 7) is 0.389. The van der Waals surface area contributed by atoms with Crippen molar-refractivity contribution in [3.05, 3.63) is 96.3 Å². The number of carbonyl (C=O) groups is 3. The second-order valence-corrected chi connectivity index (χ2v) is 9.82. The molecule has 3 fully saturated rings. The number of nitrogens with zero attached hydrogens (tertiary/aromatic N) is 5. The summed E-state index contributed by atoms with van der Waals surface area (Å²) in [4.78, 5) is 49.5. The first-order chi connectivity index (χ1) is 18.6. The van der Waals surface area contributed by atoms with Crippen LogP contribution in [-0.2, 0) is 4.79 Å². The lowest BCUT2D eigenvalue weighted by Crippen LogP contribution is -2.54. The van der Waals surface area contributed by atoms with E-state index >= 15 is 0 Å². The molecule has 0 saturated carbocycles. The van der Waals surface area contributed by atoms with Crippen LogP contribution >= 0.6 is 0 Å². The normalized spacial score (nSPS) is 21.8. The van der Waals surface area contributed by atoms with Crippen molar-refractivity contribution in [1.29, 1.82) is 5.26 Å². The highest BCUT2D eigenvalue weighted by molar-refractivity contribution is 6.25. The lowest BCUT2D eigenvalue weighted by atomic mass is 10.0. The monoisotopic (exact) mass is 499 g/mol. The molecule has 1 unspecified atom stereocenters. The molecule has 4 heterocycles. The van der Waals surface area contributed by atoms with Gasteiger partial charge in [0.05, 0.1) is 24.0 Å². The van der Waals surface area contributed by atoms with Crippen LogP contribution in [0.5, 0.6) is 0 Å². The van der Waals surface area contributed by atoms with E-state index in [0.29, 0.717) is 35.0 Å². The second kappa shape index (κ2) is 8.25. The summed E-state index contributed by atoms with van der Waals surface area (Å²) >= 11 is 0. The number of pyridine rings is 1. The van der Waals surface area contributed by atoms with E-state index in [4.69, 9.17) is 0 Å². The fraction of sp³-hybridized carbons (Fsp3) is 0.167. The van der Waals surface area contributed by atoms with E-state index in [1.807, 2.05) is 54.6 Å². The molecule has 3 aromatic carbocycles. The van der Waals surface area contributed by atoms with E-state index in [-0.39, 0.29) is 29.6 Å². The lowest BCUT2D eigenvalue weighted by molar-refractivity contribution is -0.121. The van der Waals surface area contributed by atoms with Gasteiger partial charge >= 0.3 is 6.03 Å². The molecule has 8 nitrogen and oxygen atoms in total. The molecule has 2 bridgehead atoms. The number of urea groups is 1. The fourth-order valence-corrected chi connectivity index (χ4v) is 6.16. The van der Waals surface area contributed by atoms with Crippen molar-refractivity contribution in [1.82, 2.24) is 14.8 Å². The van der Waals surface area contributed by atoms with Crippen molar-refractivity contribution in [2.24, 2.45) is 0 Å². The van der Waals surface area contributed by atoms with E-state index in [1.54, 1.807) is 34.1 Å². The molecule has 4 aromatic rings. The SMILES string of the molecule is N#Cc1ncc(N2C(=O)[C@H]3C4C[C@H](CN4C(=O)c4ccc(-c5ccccc5)cc4)N3C2=O)c2ccccc12. The average Bonchev–Trinajstić information content (AvgIpc) is 3.64. The third-order valence-corrected chi connectivity index (χ3v) is 7.89. The van der Waals surface area contributed by atoms with Gasteiger partial charge in [-0.1, -0.05) is 66.7 Å². The Morgan fingerprint density at radius 3 is 2.32 bits per heavy atom. The number of hydrogen-bond donors (Lipinski definition) is 0. The Balaban J connectivity index is 1.18. The van der Waals surface area contributed by atoms with Crippen LogP contribution in [0.4, 0.5) is 10.5 Å². The van der Waals surface area contributed by atoms with Crippen molar-refractivity contribution < 1.29 is 14.4 Å². The third-order valence-electron chi connectivity index (χ3n) is 7.89. The Hall–Kier alpha value is -5.03. The van der Waals surface area contributed by atoms with Crippen molar-refractivity contribution in [3.63, 3.8) is 0 Å². The van der Waals surface area contributed by atoms with Gasteiger partial charge in [0.25, 0.3) is 11.8 Å².